The molecule has 0 spiro atoms. The van der Waals surface area contributed by atoms with Gasteiger partial charge in [-0.05, 0) is 42.8 Å². The zero-order valence-electron chi connectivity index (χ0n) is 21.5. The van der Waals surface area contributed by atoms with Gasteiger partial charge in [-0.25, -0.2) is 4.98 Å². The molecule has 196 valence electrons. The predicted molar refractivity (Wildman–Crippen MR) is 146 cm³/mol. The molecule has 5 rings (SSSR count). The number of rotatable bonds is 10. The molecule has 0 fully saturated rings. The van der Waals surface area contributed by atoms with E-state index in [1.54, 1.807) is 39.1 Å². The summed E-state index contributed by atoms with van der Waals surface area (Å²) in [5, 5.41) is 2.52. The summed E-state index contributed by atoms with van der Waals surface area (Å²) < 4.78 is 22.3. The first-order valence-corrected chi connectivity index (χ1v) is 12.1. The molecule has 0 aliphatic carbocycles. The minimum atomic E-state index is -0.195. The van der Waals surface area contributed by atoms with Crippen LogP contribution in [0.5, 0.6) is 17.2 Å². The number of aromatic nitrogens is 3. The molecule has 0 saturated heterocycles. The maximum atomic E-state index is 6.36. The van der Waals surface area contributed by atoms with E-state index >= 15 is 0 Å². The number of methoxy groups -OCH3 is 2. The molecule has 4 aromatic heterocycles. The molecule has 0 aliphatic rings. The van der Waals surface area contributed by atoms with Crippen LogP contribution in [0.15, 0.2) is 65.7 Å². The fourth-order valence-electron chi connectivity index (χ4n) is 4.43. The lowest BCUT2D eigenvalue weighted by molar-refractivity contribution is 0.224. The summed E-state index contributed by atoms with van der Waals surface area (Å²) in [5.74, 6) is 3.07. The smallest absolute Gasteiger partial charge is 0.162 e. The second kappa shape index (κ2) is 10.9. The van der Waals surface area contributed by atoms with Gasteiger partial charge in [0.15, 0.2) is 11.5 Å². The number of ether oxygens (including phenoxy) is 3. The summed E-state index contributed by atoms with van der Waals surface area (Å²) in [6, 6.07) is 11.2. The molecule has 10 heteroatoms. The van der Waals surface area contributed by atoms with Crippen LogP contribution in [0.3, 0.4) is 0 Å². The molecular formula is C28H30N6O4. The standard InChI is InChI=1S/C28H30N6O4/c1-34(15-19-5-4-6-37-19)14-18(29)16-38-20-7-17(11-31-12-20)24-8-21-22-9-26(35-2)27(36-3)10-25(22)32-13-23(21)28(30)33-24/h4-13,18H,14-16,29H2,1-3H3,(H2,30,33)/t18-/m1/s1. The zero-order chi connectivity index (χ0) is 26.6. The van der Waals surface area contributed by atoms with E-state index in [0.29, 0.717) is 48.5 Å². The number of nitrogens with zero attached hydrogens (tertiary/aromatic N) is 4. The first kappa shape index (κ1) is 25.2. The third-order valence-corrected chi connectivity index (χ3v) is 6.24. The molecule has 0 radical (unpaired) electrons. The van der Waals surface area contributed by atoms with Crippen molar-refractivity contribution < 1.29 is 18.6 Å². The molecule has 1 atom stereocenters. The van der Waals surface area contributed by atoms with Crippen LogP contribution in [0, 0.1) is 0 Å². The summed E-state index contributed by atoms with van der Waals surface area (Å²) in [6.07, 6.45) is 6.77. The van der Waals surface area contributed by atoms with E-state index in [4.69, 9.17) is 30.1 Å². The van der Waals surface area contributed by atoms with Gasteiger partial charge in [0, 0.05) is 41.3 Å². The van der Waals surface area contributed by atoms with Crippen molar-refractivity contribution >= 4 is 27.5 Å². The molecule has 0 saturated carbocycles. The molecule has 0 amide bonds. The van der Waals surface area contributed by atoms with E-state index in [1.807, 2.05) is 43.4 Å². The largest absolute Gasteiger partial charge is 0.493 e. The summed E-state index contributed by atoms with van der Waals surface area (Å²) in [5.41, 5.74) is 14.9. The third-order valence-electron chi connectivity index (χ3n) is 6.24. The van der Waals surface area contributed by atoms with Crippen LogP contribution < -0.4 is 25.7 Å². The van der Waals surface area contributed by atoms with E-state index in [0.717, 1.165) is 33.0 Å². The maximum absolute atomic E-state index is 6.36. The second-order valence-electron chi connectivity index (χ2n) is 9.09. The van der Waals surface area contributed by atoms with Gasteiger partial charge < -0.3 is 30.1 Å². The molecular weight excluding hydrogens is 484 g/mol. The fraction of sp³-hybridized carbons (Fsp3) is 0.250. The fourth-order valence-corrected chi connectivity index (χ4v) is 4.43. The first-order valence-electron chi connectivity index (χ1n) is 12.1. The Morgan fingerprint density at radius 1 is 1.00 bits per heavy atom. The number of anilines is 1. The number of nitrogens with two attached hydrogens (primary N) is 2. The number of hydrogen-bond donors (Lipinski definition) is 2. The Morgan fingerprint density at radius 3 is 2.58 bits per heavy atom. The van der Waals surface area contributed by atoms with Crippen molar-refractivity contribution in [1.82, 2.24) is 19.9 Å². The molecule has 0 aliphatic heterocycles. The Labute approximate surface area is 220 Å². The van der Waals surface area contributed by atoms with Crippen LogP contribution >= 0.6 is 0 Å². The highest BCUT2D eigenvalue weighted by Gasteiger charge is 2.15. The molecule has 1 aromatic carbocycles. The topological polar surface area (TPSA) is 135 Å². The highest BCUT2D eigenvalue weighted by Crippen LogP contribution is 2.37. The van der Waals surface area contributed by atoms with Crippen molar-refractivity contribution in [3.05, 3.63) is 67.0 Å². The van der Waals surface area contributed by atoms with Crippen LogP contribution in [0.4, 0.5) is 5.82 Å². The van der Waals surface area contributed by atoms with Gasteiger partial charge >= 0.3 is 0 Å². The molecule has 4 heterocycles. The van der Waals surface area contributed by atoms with Gasteiger partial charge in [0.2, 0.25) is 0 Å². The normalized spacial score (nSPS) is 12.2. The number of furan rings is 1. The number of fused-ring (bicyclic) bond motifs is 3. The first-order chi connectivity index (χ1) is 18.4. The van der Waals surface area contributed by atoms with Gasteiger partial charge in [-0.2, -0.15) is 0 Å². The summed E-state index contributed by atoms with van der Waals surface area (Å²) in [6.45, 7) is 1.65. The van der Waals surface area contributed by atoms with Crippen molar-refractivity contribution in [2.45, 2.75) is 12.6 Å². The number of benzene rings is 1. The van der Waals surface area contributed by atoms with Crippen LogP contribution in [0.2, 0.25) is 0 Å². The number of pyridine rings is 3. The summed E-state index contributed by atoms with van der Waals surface area (Å²) in [4.78, 5) is 15.6. The Balaban J connectivity index is 1.37. The zero-order valence-corrected chi connectivity index (χ0v) is 21.5. The van der Waals surface area contributed by atoms with Crippen LogP contribution in [0.25, 0.3) is 32.9 Å². The Morgan fingerprint density at radius 2 is 1.82 bits per heavy atom. The van der Waals surface area contributed by atoms with Gasteiger partial charge in [-0.3, -0.25) is 14.9 Å². The molecule has 38 heavy (non-hydrogen) atoms. The lowest BCUT2D eigenvalue weighted by Crippen LogP contribution is -2.39. The van der Waals surface area contributed by atoms with Gasteiger partial charge in [0.1, 0.15) is 23.9 Å². The van der Waals surface area contributed by atoms with Gasteiger partial charge in [0.05, 0.1) is 50.5 Å². The molecule has 0 unspecified atom stereocenters. The van der Waals surface area contributed by atoms with Crippen LogP contribution in [-0.2, 0) is 6.54 Å². The quantitative estimate of drug-likeness (QED) is 0.264. The molecule has 4 N–H and O–H groups in total. The van der Waals surface area contributed by atoms with Crippen molar-refractivity contribution in [3.8, 4) is 28.5 Å². The van der Waals surface area contributed by atoms with E-state index in [-0.39, 0.29) is 6.04 Å². The summed E-state index contributed by atoms with van der Waals surface area (Å²) >= 11 is 0. The van der Waals surface area contributed by atoms with Crippen molar-refractivity contribution in [3.63, 3.8) is 0 Å². The average molecular weight is 515 g/mol. The lowest BCUT2D eigenvalue weighted by atomic mass is 10.0. The van der Waals surface area contributed by atoms with Gasteiger partial charge in [-0.15, -0.1) is 0 Å². The van der Waals surface area contributed by atoms with Gasteiger partial charge in [0.25, 0.3) is 0 Å². The van der Waals surface area contributed by atoms with E-state index < -0.39 is 0 Å². The van der Waals surface area contributed by atoms with Crippen molar-refractivity contribution in [1.29, 1.82) is 0 Å². The number of nitrogen functional groups attached to an aromatic ring is 1. The number of hydrogen-bond acceptors (Lipinski definition) is 10. The minimum absolute atomic E-state index is 0.195. The Bertz CT molecular complexity index is 1560. The average Bonchev–Trinajstić information content (AvgIpc) is 3.43. The highest BCUT2D eigenvalue weighted by atomic mass is 16.5. The second-order valence-corrected chi connectivity index (χ2v) is 9.09. The third kappa shape index (κ3) is 5.31. The molecule has 5 aromatic rings. The van der Waals surface area contributed by atoms with Gasteiger partial charge in [-0.1, -0.05) is 0 Å². The van der Waals surface area contributed by atoms with Crippen molar-refractivity contribution in [2.24, 2.45) is 5.73 Å². The lowest BCUT2D eigenvalue weighted by Gasteiger charge is -2.20. The van der Waals surface area contributed by atoms with E-state index in [2.05, 4.69) is 19.9 Å². The van der Waals surface area contributed by atoms with Crippen LogP contribution in [-0.4, -0.2) is 60.3 Å². The maximum Gasteiger partial charge on any atom is 0.162 e. The van der Waals surface area contributed by atoms with Crippen molar-refractivity contribution in [2.75, 3.05) is 40.2 Å². The predicted octanol–water partition coefficient (Wildman–Crippen LogP) is 3.88. The highest BCUT2D eigenvalue weighted by molar-refractivity contribution is 6.10. The summed E-state index contributed by atoms with van der Waals surface area (Å²) in [7, 11) is 5.19. The monoisotopic (exact) mass is 514 g/mol. The Hall–Kier alpha value is -4.41. The number of likely N-dealkylation sites (N-methyl/N-ethyl adjacent to an activating group) is 1. The van der Waals surface area contributed by atoms with E-state index in [1.165, 1.54) is 0 Å². The minimum Gasteiger partial charge on any atom is -0.493 e. The van der Waals surface area contributed by atoms with Crippen LogP contribution in [0.1, 0.15) is 5.76 Å². The Kier molecular flexibility index (Phi) is 7.25. The molecule has 0 bridgehead atoms. The SMILES string of the molecule is COc1cc2ncc3c(N)nc(-c4cncc(OC[C@H](N)CN(C)Cc5ccco5)c4)cc3c2cc1OC. The molecule has 10 nitrogen and oxygen atoms in total. The van der Waals surface area contributed by atoms with E-state index in [9.17, 15) is 0 Å².